The van der Waals surface area contributed by atoms with Crippen LogP contribution >= 0.6 is 34.2 Å². The van der Waals surface area contributed by atoms with Gasteiger partial charge in [-0.2, -0.15) is 0 Å². The van der Waals surface area contributed by atoms with Gasteiger partial charge in [-0.15, -0.1) is 0 Å². The molecule has 0 unspecified atom stereocenters. The second-order valence-electron chi connectivity index (χ2n) is 3.80. The number of hydrogen-bond donors (Lipinski definition) is 1. The van der Waals surface area contributed by atoms with Crippen molar-refractivity contribution in [3.63, 3.8) is 0 Å². The Kier molecular flexibility index (Phi) is 6.17. The maximum absolute atomic E-state index is 12.3. The van der Waals surface area contributed by atoms with Gasteiger partial charge < -0.3 is 15.0 Å². The van der Waals surface area contributed by atoms with E-state index in [0.29, 0.717) is 22.9 Å². The van der Waals surface area contributed by atoms with Gasteiger partial charge in [0.1, 0.15) is 5.75 Å². The van der Waals surface area contributed by atoms with Crippen LogP contribution in [-0.2, 0) is 0 Å². The fourth-order valence-corrected chi connectivity index (χ4v) is 2.05. The largest absolute Gasteiger partial charge is 0.496 e. The van der Waals surface area contributed by atoms with Crippen molar-refractivity contribution in [2.24, 2.45) is 0 Å². The molecule has 0 aliphatic rings. The molecule has 0 aromatic heterocycles. The number of methoxy groups -OCH3 is 1. The van der Waals surface area contributed by atoms with Crippen LogP contribution in [0.25, 0.3) is 0 Å². The summed E-state index contributed by atoms with van der Waals surface area (Å²) < 4.78 is 6.09. The van der Waals surface area contributed by atoms with Gasteiger partial charge in [-0.25, -0.2) is 0 Å². The van der Waals surface area contributed by atoms with Crippen molar-refractivity contribution in [3.05, 3.63) is 26.3 Å². The monoisotopic (exact) mass is 382 g/mol. The van der Waals surface area contributed by atoms with Gasteiger partial charge in [0.2, 0.25) is 0 Å². The van der Waals surface area contributed by atoms with E-state index in [1.165, 1.54) is 0 Å². The molecule has 0 saturated heterocycles. The van der Waals surface area contributed by atoms with Gasteiger partial charge in [-0.3, -0.25) is 4.79 Å². The number of carbonyl (C=O) groups excluding carboxylic acids is 1. The lowest BCUT2D eigenvalue weighted by Gasteiger charge is -2.19. The Balaban J connectivity index is 3.00. The minimum atomic E-state index is -0.0969. The molecule has 1 rings (SSSR count). The van der Waals surface area contributed by atoms with Crippen molar-refractivity contribution >= 4 is 40.1 Å². The molecule has 1 N–H and O–H groups in total. The van der Waals surface area contributed by atoms with E-state index in [4.69, 9.17) is 16.3 Å². The number of ether oxygens (including phenoxy) is 1. The molecule has 0 radical (unpaired) electrons. The zero-order valence-corrected chi connectivity index (χ0v) is 13.5. The number of carbonyl (C=O) groups is 1. The van der Waals surface area contributed by atoms with Crippen molar-refractivity contribution in [2.75, 3.05) is 34.3 Å². The maximum atomic E-state index is 12.3. The van der Waals surface area contributed by atoms with Crippen LogP contribution in [0.15, 0.2) is 12.1 Å². The molecule has 0 bridgehead atoms. The maximum Gasteiger partial charge on any atom is 0.257 e. The van der Waals surface area contributed by atoms with Crippen LogP contribution in [0.3, 0.4) is 0 Å². The third kappa shape index (κ3) is 3.73. The van der Waals surface area contributed by atoms with Crippen LogP contribution in [0.4, 0.5) is 0 Å². The van der Waals surface area contributed by atoms with Gasteiger partial charge >= 0.3 is 0 Å². The first kappa shape index (κ1) is 15.5. The highest BCUT2D eigenvalue weighted by Crippen LogP contribution is 2.28. The smallest absolute Gasteiger partial charge is 0.257 e. The third-order valence-electron chi connectivity index (χ3n) is 2.52. The van der Waals surface area contributed by atoms with Gasteiger partial charge in [0.15, 0.2) is 0 Å². The predicted octanol–water partition coefficient (Wildman–Crippen LogP) is 2.24. The van der Waals surface area contributed by atoms with Crippen LogP contribution in [0, 0.1) is 3.57 Å². The summed E-state index contributed by atoms with van der Waals surface area (Å²) >= 11 is 8.16. The summed E-state index contributed by atoms with van der Waals surface area (Å²) in [7, 11) is 5.15. The first-order chi connectivity index (χ1) is 8.51. The van der Waals surface area contributed by atoms with E-state index in [1.54, 1.807) is 31.2 Å². The number of nitrogens with one attached hydrogen (secondary N) is 1. The Bertz CT molecular complexity index is 440. The summed E-state index contributed by atoms with van der Waals surface area (Å²) in [5.41, 5.74) is 0.488. The molecular formula is C12H16ClIN2O2. The molecule has 0 aliphatic heterocycles. The zero-order chi connectivity index (χ0) is 13.7. The van der Waals surface area contributed by atoms with E-state index in [2.05, 4.69) is 27.9 Å². The lowest BCUT2D eigenvalue weighted by molar-refractivity contribution is 0.0793. The fourth-order valence-electron chi connectivity index (χ4n) is 1.45. The van der Waals surface area contributed by atoms with Crippen molar-refractivity contribution in [3.8, 4) is 5.75 Å². The average Bonchev–Trinajstić information content (AvgIpc) is 2.37. The quantitative estimate of drug-likeness (QED) is 0.794. The topological polar surface area (TPSA) is 41.6 Å². The summed E-state index contributed by atoms with van der Waals surface area (Å²) in [6.45, 7) is 1.37. The van der Waals surface area contributed by atoms with E-state index >= 15 is 0 Å². The van der Waals surface area contributed by atoms with Crippen molar-refractivity contribution in [2.45, 2.75) is 0 Å². The fraction of sp³-hybridized carbons (Fsp3) is 0.417. The lowest BCUT2D eigenvalue weighted by Crippen LogP contribution is -2.33. The second-order valence-corrected chi connectivity index (χ2v) is 5.37. The number of hydrogen-bond acceptors (Lipinski definition) is 3. The summed E-state index contributed by atoms with van der Waals surface area (Å²) in [5, 5.41) is 3.56. The molecule has 100 valence electrons. The Hall–Kier alpha value is -0.530. The highest BCUT2D eigenvalue weighted by molar-refractivity contribution is 14.1. The molecule has 0 aliphatic carbocycles. The van der Waals surface area contributed by atoms with Crippen LogP contribution in [0.5, 0.6) is 5.75 Å². The molecule has 0 spiro atoms. The van der Waals surface area contributed by atoms with Crippen LogP contribution in [0.2, 0.25) is 5.02 Å². The summed E-state index contributed by atoms with van der Waals surface area (Å²) in [6, 6.07) is 3.42. The molecule has 4 nitrogen and oxygen atoms in total. The lowest BCUT2D eigenvalue weighted by atomic mass is 10.1. The Morgan fingerprint density at radius 2 is 2.22 bits per heavy atom. The van der Waals surface area contributed by atoms with Gasteiger partial charge in [-0.1, -0.05) is 11.6 Å². The minimum Gasteiger partial charge on any atom is -0.496 e. The normalized spacial score (nSPS) is 10.3. The van der Waals surface area contributed by atoms with Crippen LogP contribution < -0.4 is 10.1 Å². The SMILES string of the molecule is CNCCN(C)C(=O)c1cc(Cl)c(I)cc1OC. The number of halogens is 2. The second kappa shape index (κ2) is 7.16. The molecule has 18 heavy (non-hydrogen) atoms. The van der Waals surface area contributed by atoms with Gasteiger partial charge in [0.05, 0.1) is 17.7 Å². The molecule has 0 heterocycles. The number of amides is 1. The summed E-state index contributed by atoms with van der Waals surface area (Å²) in [4.78, 5) is 13.9. The Morgan fingerprint density at radius 3 is 2.78 bits per heavy atom. The van der Waals surface area contributed by atoms with Crippen LogP contribution in [-0.4, -0.2) is 45.1 Å². The minimum absolute atomic E-state index is 0.0969. The molecule has 6 heteroatoms. The van der Waals surface area contributed by atoms with E-state index in [1.807, 2.05) is 7.05 Å². The molecule has 1 amide bonds. The van der Waals surface area contributed by atoms with Gasteiger partial charge in [0, 0.05) is 23.7 Å². The van der Waals surface area contributed by atoms with E-state index < -0.39 is 0 Å². The van der Waals surface area contributed by atoms with Gasteiger partial charge in [-0.05, 0) is 41.8 Å². The standard InChI is InChI=1S/C12H16ClIN2O2/c1-15-4-5-16(2)12(17)8-6-9(13)10(14)7-11(8)18-3/h6-7,15H,4-5H2,1-3H3. The van der Waals surface area contributed by atoms with Crippen molar-refractivity contribution in [1.29, 1.82) is 0 Å². The predicted molar refractivity (Wildman–Crippen MR) is 81.6 cm³/mol. The van der Waals surface area contributed by atoms with E-state index in [0.717, 1.165) is 10.1 Å². The number of rotatable bonds is 5. The van der Waals surface area contributed by atoms with Crippen LogP contribution in [0.1, 0.15) is 10.4 Å². The highest BCUT2D eigenvalue weighted by Gasteiger charge is 2.18. The summed E-state index contributed by atoms with van der Waals surface area (Å²) in [6.07, 6.45) is 0. The van der Waals surface area contributed by atoms with E-state index in [-0.39, 0.29) is 5.91 Å². The zero-order valence-electron chi connectivity index (χ0n) is 10.6. The molecule has 1 aromatic carbocycles. The first-order valence-electron chi connectivity index (χ1n) is 5.44. The molecule has 1 aromatic rings. The first-order valence-corrected chi connectivity index (χ1v) is 6.90. The van der Waals surface area contributed by atoms with E-state index in [9.17, 15) is 4.79 Å². The average molecular weight is 383 g/mol. The van der Waals surface area contributed by atoms with Crippen molar-refractivity contribution < 1.29 is 9.53 Å². The number of nitrogens with zero attached hydrogens (tertiary/aromatic N) is 1. The molecular weight excluding hydrogens is 367 g/mol. The summed E-state index contributed by atoms with van der Waals surface area (Å²) in [5.74, 6) is 0.450. The Labute approximate surface area is 126 Å². The number of benzene rings is 1. The molecule has 0 saturated carbocycles. The van der Waals surface area contributed by atoms with Gasteiger partial charge in [0.25, 0.3) is 5.91 Å². The molecule has 0 fully saturated rings. The Morgan fingerprint density at radius 1 is 1.56 bits per heavy atom. The number of likely N-dealkylation sites (N-methyl/N-ethyl adjacent to an activating group) is 2. The highest BCUT2D eigenvalue weighted by atomic mass is 127. The van der Waals surface area contributed by atoms with Crippen molar-refractivity contribution in [1.82, 2.24) is 10.2 Å². The third-order valence-corrected chi connectivity index (χ3v) is 4.04. The molecule has 0 atom stereocenters.